The number of alkyl halides is 3. The Kier molecular flexibility index (Phi) is 7.29. The molecule has 1 aliphatic rings. The van der Waals surface area contributed by atoms with Crippen LogP contribution in [-0.2, 0) is 12.0 Å². The van der Waals surface area contributed by atoms with Gasteiger partial charge in [0.05, 0.1) is 0 Å². The van der Waals surface area contributed by atoms with Crippen molar-refractivity contribution in [2.75, 3.05) is 0 Å². The molecule has 1 nitrogen and oxygen atoms in total. The van der Waals surface area contributed by atoms with Gasteiger partial charge in [-0.1, -0.05) is 58.9 Å². The summed E-state index contributed by atoms with van der Waals surface area (Å²) < 4.78 is 41.7. The van der Waals surface area contributed by atoms with Crippen LogP contribution in [0.1, 0.15) is 69.4 Å². The summed E-state index contributed by atoms with van der Waals surface area (Å²) in [4.78, 5) is 0. The second-order valence-corrected chi connectivity index (χ2v) is 6.21. The molecule has 3 rings (SSSR count). The van der Waals surface area contributed by atoms with Gasteiger partial charge in [-0.2, -0.15) is 13.2 Å². The summed E-state index contributed by atoms with van der Waals surface area (Å²) in [7, 11) is 0. The van der Waals surface area contributed by atoms with E-state index in [0.717, 1.165) is 16.7 Å². The van der Waals surface area contributed by atoms with Gasteiger partial charge in [-0.3, -0.25) is 0 Å². The van der Waals surface area contributed by atoms with E-state index in [1.54, 1.807) is 25.1 Å². The van der Waals surface area contributed by atoms with Gasteiger partial charge in [0, 0.05) is 12.6 Å². The van der Waals surface area contributed by atoms with Crippen molar-refractivity contribution in [3.8, 4) is 11.1 Å². The first-order chi connectivity index (χ1) is 12.7. The summed E-state index contributed by atoms with van der Waals surface area (Å²) in [5.74, 6) is 0. The Balaban J connectivity index is 0.00000137. The third-order valence-corrected chi connectivity index (χ3v) is 5.18. The topological polar surface area (TPSA) is 20.2 Å². The molecule has 1 aliphatic carbocycles. The molecular formula is C23H33F3O. The molecule has 0 aromatic heterocycles. The van der Waals surface area contributed by atoms with Gasteiger partial charge in [0.1, 0.15) is 0 Å². The quantitative estimate of drug-likeness (QED) is 0.549. The fourth-order valence-corrected chi connectivity index (χ4v) is 3.99. The van der Waals surface area contributed by atoms with Gasteiger partial charge in [-0.25, -0.2) is 0 Å². The first kappa shape index (κ1) is 23.2. The highest BCUT2D eigenvalue weighted by Gasteiger charge is 2.61. The first-order valence-corrected chi connectivity index (χ1v) is 9.68. The molecule has 0 saturated carbocycles. The van der Waals surface area contributed by atoms with Crippen molar-refractivity contribution in [3.63, 3.8) is 0 Å². The predicted octanol–water partition coefficient (Wildman–Crippen LogP) is 7.25. The fourth-order valence-electron chi connectivity index (χ4n) is 3.99. The molecule has 0 fully saturated rings. The van der Waals surface area contributed by atoms with Gasteiger partial charge >= 0.3 is 6.18 Å². The van der Waals surface area contributed by atoms with E-state index >= 15 is 0 Å². The van der Waals surface area contributed by atoms with Gasteiger partial charge < -0.3 is 5.11 Å². The first-order valence-electron chi connectivity index (χ1n) is 9.68. The lowest BCUT2D eigenvalue weighted by atomic mass is 9.82. The van der Waals surface area contributed by atoms with Crippen LogP contribution in [0.25, 0.3) is 11.1 Å². The molecule has 0 spiro atoms. The Hall–Kier alpha value is -1.81. The molecule has 4 heteroatoms. The average Bonchev–Trinajstić information content (AvgIpc) is 2.94. The SMILES string of the molecule is CC.CC.CCc1c(C)c(C)c2c(c1C)C(O)(C(F)(F)F)c1ccccc1-2.[3HH]. The Bertz CT molecular complexity index is 812. The minimum atomic E-state index is -4.77. The van der Waals surface area contributed by atoms with Gasteiger partial charge in [0.2, 0.25) is 5.60 Å². The highest BCUT2D eigenvalue weighted by atomic mass is 19.4. The minimum absolute atomic E-state index is 0. The Morgan fingerprint density at radius 3 is 1.93 bits per heavy atom. The van der Waals surface area contributed by atoms with Crippen LogP contribution in [-0.4, -0.2) is 11.3 Å². The van der Waals surface area contributed by atoms with Crippen LogP contribution in [0.15, 0.2) is 24.3 Å². The molecule has 0 amide bonds. The van der Waals surface area contributed by atoms with Crippen molar-refractivity contribution in [2.45, 2.75) is 73.6 Å². The van der Waals surface area contributed by atoms with Crippen LogP contribution in [0.3, 0.4) is 0 Å². The molecule has 0 aliphatic heterocycles. The van der Waals surface area contributed by atoms with Gasteiger partial charge in [-0.05, 0) is 60.6 Å². The summed E-state index contributed by atoms with van der Waals surface area (Å²) >= 11 is 0. The molecule has 2 aromatic rings. The largest absolute Gasteiger partial charge is 0.425 e. The second-order valence-electron chi connectivity index (χ2n) is 6.21. The number of benzene rings is 2. The van der Waals surface area contributed by atoms with Crippen LogP contribution in [0.5, 0.6) is 0 Å². The van der Waals surface area contributed by atoms with E-state index in [1.165, 1.54) is 6.07 Å². The van der Waals surface area contributed by atoms with Crippen molar-refractivity contribution in [2.24, 2.45) is 0 Å². The molecule has 27 heavy (non-hydrogen) atoms. The number of hydrogen-bond acceptors (Lipinski definition) is 1. The summed E-state index contributed by atoms with van der Waals surface area (Å²) in [6.45, 7) is 15.4. The maximum absolute atomic E-state index is 13.9. The Labute approximate surface area is 162 Å². The average molecular weight is 385 g/mol. The standard InChI is InChI=1S/C19H19F3O.2C2H6.H2/c1-5-13-10(2)11(3)16-14-8-6-7-9-15(14)18(23,19(20,21)22)17(16)12(13)4;2*1-2;/h6-9,23H,5H2,1-4H3;2*1-2H3;1H/i;;;1+2. The van der Waals surface area contributed by atoms with Crippen molar-refractivity contribution in [3.05, 3.63) is 57.6 Å². The third-order valence-electron chi connectivity index (χ3n) is 5.18. The number of aliphatic hydroxyl groups is 1. The maximum Gasteiger partial charge on any atom is 0.425 e. The highest BCUT2D eigenvalue weighted by molar-refractivity contribution is 5.85. The third kappa shape index (κ3) is 3.29. The van der Waals surface area contributed by atoms with Crippen LogP contribution in [0.2, 0.25) is 0 Å². The lowest BCUT2D eigenvalue weighted by Gasteiger charge is -2.31. The zero-order valence-corrected chi connectivity index (χ0v) is 17.6. The Morgan fingerprint density at radius 1 is 0.926 bits per heavy atom. The molecule has 152 valence electrons. The lowest BCUT2D eigenvalue weighted by Crippen LogP contribution is -2.42. The monoisotopic (exact) mass is 384 g/mol. The molecule has 0 saturated heterocycles. The number of halogens is 3. The molecule has 0 heterocycles. The van der Waals surface area contributed by atoms with E-state index in [-0.39, 0.29) is 12.6 Å². The molecular weight excluding hydrogens is 349 g/mol. The summed E-state index contributed by atoms with van der Waals surface area (Å²) in [5.41, 5.74) is 1.26. The van der Waals surface area contributed by atoms with E-state index in [9.17, 15) is 18.3 Å². The molecule has 1 N–H and O–H groups in total. The van der Waals surface area contributed by atoms with Crippen molar-refractivity contribution in [1.82, 2.24) is 0 Å². The minimum Gasteiger partial charge on any atom is -0.372 e. The van der Waals surface area contributed by atoms with Crippen LogP contribution in [0.4, 0.5) is 13.2 Å². The van der Waals surface area contributed by atoms with E-state index in [2.05, 4.69) is 0 Å². The summed E-state index contributed by atoms with van der Waals surface area (Å²) in [6.07, 6.45) is -4.14. The van der Waals surface area contributed by atoms with E-state index in [1.807, 2.05) is 48.5 Å². The lowest BCUT2D eigenvalue weighted by molar-refractivity contribution is -0.247. The zero-order valence-electron chi connectivity index (χ0n) is 17.6. The predicted molar refractivity (Wildman–Crippen MR) is 109 cm³/mol. The van der Waals surface area contributed by atoms with E-state index in [4.69, 9.17) is 0 Å². The molecule has 2 aromatic carbocycles. The maximum atomic E-state index is 13.9. The van der Waals surface area contributed by atoms with Crippen LogP contribution < -0.4 is 0 Å². The van der Waals surface area contributed by atoms with E-state index in [0.29, 0.717) is 23.1 Å². The van der Waals surface area contributed by atoms with Crippen LogP contribution >= 0.6 is 0 Å². The van der Waals surface area contributed by atoms with Gasteiger partial charge in [-0.15, -0.1) is 0 Å². The summed E-state index contributed by atoms with van der Waals surface area (Å²) in [6, 6.07) is 6.29. The smallest absolute Gasteiger partial charge is 0.372 e. The van der Waals surface area contributed by atoms with E-state index < -0.39 is 11.8 Å². The zero-order chi connectivity index (χ0) is 21.2. The summed E-state index contributed by atoms with van der Waals surface area (Å²) in [5, 5.41) is 10.8. The van der Waals surface area contributed by atoms with Crippen LogP contribution in [0, 0.1) is 20.8 Å². The Morgan fingerprint density at radius 2 is 1.44 bits per heavy atom. The van der Waals surface area contributed by atoms with Crippen molar-refractivity contribution < 1.29 is 19.7 Å². The van der Waals surface area contributed by atoms with Crippen molar-refractivity contribution in [1.29, 1.82) is 0 Å². The number of hydrogen-bond donors (Lipinski definition) is 1. The molecule has 0 radical (unpaired) electrons. The normalized spacial score (nSPS) is 17.2. The number of rotatable bonds is 1. The fraction of sp³-hybridized carbons (Fsp3) is 0.478. The second kappa shape index (κ2) is 8.47. The van der Waals surface area contributed by atoms with Crippen molar-refractivity contribution >= 4 is 0 Å². The van der Waals surface area contributed by atoms with Gasteiger partial charge in [0.25, 0.3) is 0 Å². The molecule has 1 unspecified atom stereocenters. The van der Waals surface area contributed by atoms with Gasteiger partial charge in [0.15, 0.2) is 0 Å². The molecule has 1 atom stereocenters. The number of fused-ring (bicyclic) bond motifs is 3. The highest BCUT2D eigenvalue weighted by Crippen LogP contribution is 2.57. The molecule has 0 bridgehead atoms.